The molecule has 0 aromatic rings. The number of likely N-dealkylation sites (tertiary alicyclic amines) is 1. The molecular formula is C8H9F6NO. The molecule has 1 amide bonds. The molecule has 2 atom stereocenters. The quantitative estimate of drug-likeness (QED) is 0.554. The van der Waals surface area contributed by atoms with Crippen LogP contribution in [0.2, 0.25) is 0 Å². The zero-order valence-electron chi connectivity index (χ0n) is 7.98. The largest absolute Gasteiger partial charge is 0.425 e. The summed E-state index contributed by atoms with van der Waals surface area (Å²) in [5.41, 5.74) is 0. The van der Waals surface area contributed by atoms with Crippen molar-refractivity contribution in [3.63, 3.8) is 0 Å². The van der Waals surface area contributed by atoms with Crippen LogP contribution in [0.15, 0.2) is 0 Å². The van der Waals surface area contributed by atoms with Crippen LogP contribution >= 0.6 is 0 Å². The molecule has 0 spiro atoms. The number of nitrogens with zero attached hydrogens (tertiary/aromatic N) is 1. The SMILES string of the molecule is O=CN1CCCC1C(F)(F)C(F)C(F)(F)F. The Bertz CT molecular complexity index is 266. The average molecular weight is 249 g/mol. The molecule has 8 heteroatoms. The van der Waals surface area contributed by atoms with E-state index < -0.39 is 24.3 Å². The van der Waals surface area contributed by atoms with E-state index in [0.29, 0.717) is 4.90 Å². The highest BCUT2D eigenvalue weighted by molar-refractivity contribution is 5.48. The third-order valence-electron chi connectivity index (χ3n) is 2.50. The summed E-state index contributed by atoms with van der Waals surface area (Å²) >= 11 is 0. The van der Waals surface area contributed by atoms with E-state index in [2.05, 4.69) is 0 Å². The maximum Gasteiger partial charge on any atom is 0.425 e. The Morgan fingerprint density at radius 1 is 1.25 bits per heavy atom. The lowest BCUT2D eigenvalue weighted by Gasteiger charge is -2.31. The molecule has 1 heterocycles. The zero-order chi connectivity index (χ0) is 12.6. The monoisotopic (exact) mass is 249 g/mol. The molecule has 0 aliphatic carbocycles. The highest BCUT2D eigenvalue weighted by atomic mass is 19.4. The van der Waals surface area contributed by atoms with Gasteiger partial charge in [-0.2, -0.15) is 13.2 Å². The number of rotatable bonds is 3. The van der Waals surface area contributed by atoms with Gasteiger partial charge in [0.25, 0.3) is 6.17 Å². The first-order valence-electron chi connectivity index (χ1n) is 4.51. The number of hydrogen-bond donors (Lipinski definition) is 0. The Kier molecular flexibility index (Phi) is 3.39. The lowest BCUT2D eigenvalue weighted by atomic mass is 10.0. The lowest BCUT2D eigenvalue weighted by molar-refractivity contribution is -0.256. The van der Waals surface area contributed by atoms with Crippen LogP contribution in [0.3, 0.4) is 0 Å². The molecule has 1 aliphatic rings. The molecule has 2 unspecified atom stereocenters. The Hall–Kier alpha value is -0.950. The number of halogens is 6. The fourth-order valence-corrected chi connectivity index (χ4v) is 1.72. The van der Waals surface area contributed by atoms with Crippen LogP contribution in [0.5, 0.6) is 0 Å². The maximum absolute atomic E-state index is 13.2. The summed E-state index contributed by atoms with van der Waals surface area (Å²) < 4.78 is 74.6. The average Bonchev–Trinajstić information content (AvgIpc) is 2.63. The van der Waals surface area contributed by atoms with Gasteiger partial charge >= 0.3 is 12.1 Å². The number of alkyl halides is 6. The fraction of sp³-hybridized carbons (Fsp3) is 0.875. The number of hydrogen-bond acceptors (Lipinski definition) is 1. The first kappa shape index (κ1) is 13.1. The van der Waals surface area contributed by atoms with Crippen molar-refractivity contribution in [1.82, 2.24) is 4.90 Å². The molecule has 16 heavy (non-hydrogen) atoms. The Morgan fingerprint density at radius 3 is 2.25 bits per heavy atom. The summed E-state index contributed by atoms with van der Waals surface area (Å²) in [6, 6.07) is -2.01. The van der Waals surface area contributed by atoms with E-state index in [0.717, 1.165) is 0 Å². The maximum atomic E-state index is 13.2. The van der Waals surface area contributed by atoms with E-state index in [-0.39, 0.29) is 25.8 Å². The van der Waals surface area contributed by atoms with Gasteiger partial charge in [0.1, 0.15) is 0 Å². The fourth-order valence-electron chi connectivity index (χ4n) is 1.72. The third-order valence-corrected chi connectivity index (χ3v) is 2.50. The summed E-state index contributed by atoms with van der Waals surface area (Å²) in [7, 11) is 0. The summed E-state index contributed by atoms with van der Waals surface area (Å²) in [5, 5.41) is 0. The van der Waals surface area contributed by atoms with Crippen molar-refractivity contribution in [2.24, 2.45) is 0 Å². The van der Waals surface area contributed by atoms with Crippen LogP contribution in [-0.4, -0.2) is 42.2 Å². The number of carbonyl (C=O) groups excluding carboxylic acids is 1. The Balaban J connectivity index is 2.88. The second-order valence-corrected chi connectivity index (χ2v) is 3.58. The molecule has 1 saturated heterocycles. The molecule has 0 N–H and O–H groups in total. The minimum atomic E-state index is -5.62. The van der Waals surface area contributed by atoms with Crippen molar-refractivity contribution in [3.8, 4) is 0 Å². The predicted molar refractivity (Wildman–Crippen MR) is 41.7 cm³/mol. The molecule has 2 nitrogen and oxygen atoms in total. The van der Waals surface area contributed by atoms with Crippen molar-refractivity contribution in [3.05, 3.63) is 0 Å². The molecule has 1 rings (SSSR count). The lowest BCUT2D eigenvalue weighted by Crippen LogP contribution is -2.53. The molecule has 0 saturated carbocycles. The van der Waals surface area contributed by atoms with Gasteiger partial charge in [-0.15, -0.1) is 0 Å². The van der Waals surface area contributed by atoms with Crippen molar-refractivity contribution < 1.29 is 31.1 Å². The van der Waals surface area contributed by atoms with Crippen LogP contribution in [-0.2, 0) is 4.79 Å². The van der Waals surface area contributed by atoms with Gasteiger partial charge < -0.3 is 4.90 Å². The second-order valence-electron chi connectivity index (χ2n) is 3.58. The van der Waals surface area contributed by atoms with Crippen molar-refractivity contribution in [2.45, 2.75) is 37.2 Å². The molecule has 1 aliphatic heterocycles. The van der Waals surface area contributed by atoms with E-state index in [1.54, 1.807) is 0 Å². The van der Waals surface area contributed by atoms with Gasteiger partial charge in [-0.05, 0) is 12.8 Å². The number of amides is 1. The standard InChI is InChI=1S/C8H9F6NO/c9-6(8(12,13)14)7(10,11)5-2-1-3-15(5)4-16/h4-6H,1-3H2. The van der Waals surface area contributed by atoms with Crippen LogP contribution in [0.25, 0.3) is 0 Å². The van der Waals surface area contributed by atoms with Crippen molar-refractivity contribution >= 4 is 6.41 Å². The van der Waals surface area contributed by atoms with E-state index in [1.807, 2.05) is 0 Å². The van der Waals surface area contributed by atoms with Crippen molar-refractivity contribution in [1.29, 1.82) is 0 Å². The van der Waals surface area contributed by atoms with Crippen LogP contribution < -0.4 is 0 Å². The van der Waals surface area contributed by atoms with Crippen LogP contribution in [0, 0.1) is 0 Å². The highest BCUT2D eigenvalue weighted by Gasteiger charge is 2.62. The van der Waals surface area contributed by atoms with Gasteiger partial charge in [0.15, 0.2) is 0 Å². The Labute approximate surface area is 87.2 Å². The van der Waals surface area contributed by atoms with E-state index >= 15 is 0 Å². The summed E-state index contributed by atoms with van der Waals surface area (Å²) in [6.07, 6.45) is -10.0. The van der Waals surface area contributed by atoms with Gasteiger partial charge in [-0.25, -0.2) is 13.2 Å². The summed E-state index contributed by atoms with van der Waals surface area (Å²) in [4.78, 5) is 10.8. The minimum absolute atomic E-state index is 0.0225. The van der Waals surface area contributed by atoms with E-state index in [4.69, 9.17) is 0 Å². The second kappa shape index (κ2) is 4.14. The predicted octanol–water partition coefficient (Wildman–Crippen LogP) is 2.14. The minimum Gasteiger partial charge on any atom is -0.336 e. The third kappa shape index (κ3) is 2.25. The smallest absolute Gasteiger partial charge is 0.336 e. The normalized spacial score (nSPS) is 24.6. The first-order chi connectivity index (χ1) is 7.21. The molecule has 94 valence electrons. The van der Waals surface area contributed by atoms with Crippen molar-refractivity contribution in [2.75, 3.05) is 6.54 Å². The van der Waals surface area contributed by atoms with Gasteiger partial charge in [0.2, 0.25) is 6.41 Å². The molecule has 1 fully saturated rings. The van der Waals surface area contributed by atoms with Crippen LogP contribution in [0.4, 0.5) is 26.3 Å². The van der Waals surface area contributed by atoms with E-state index in [9.17, 15) is 31.1 Å². The van der Waals surface area contributed by atoms with Crippen LogP contribution in [0.1, 0.15) is 12.8 Å². The summed E-state index contributed by atoms with van der Waals surface area (Å²) in [5.74, 6) is -4.60. The van der Waals surface area contributed by atoms with Gasteiger partial charge in [0.05, 0.1) is 6.04 Å². The Morgan fingerprint density at radius 2 is 1.81 bits per heavy atom. The summed E-state index contributed by atoms with van der Waals surface area (Å²) in [6.45, 7) is -0.0751. The van der Waals surface area contributed by atoms with Gasteiger partial charge in [-0.1, -0.05) is 0 Å². The highest BCUT2D eigenvalue weighted by Crippen LogP contribution is 2.41. The molecule has 0 radical (unpaired) electrons. The molecule has 0 aromatic heterocycles. The molecular weight excluding hydrogens is 240 g/mol. The molecule has 0 aromatic carbocycles. The topological polar surface area (TPSA) is 20.3 Å². The zero-order valence-corrected chi connectivity index (χ0v) is 7.98. The first-order valence-corrected chi connectivity index (χ1v) is 4.51. The van der Waals surface area contributed by atoms with Gasteiger partial charge in [0, 0.05) is 6.54 Å². The van der Waals surface area contributed by atoms with E-state index in [1.165, 1.54) is 0 Å². The van der Waals surface area contributed by atoms with Gasteiger partial charge in [-0.3, -0.25) is 4.79 Å². The molecule has 0 bridgehead atoms. The number of carbonyl (C=O) groups is 1.